The van der Waals surface area contributed by atoms with Crippen LogP contribution in [0.25, 0.3) is 44.6 Å². The Morgan fingerprint density at radius 2 is 1.24 bits per heavy atom. The molecule has 0 fully saturated rings. The molecule has 11 nitrogen and oxygen atoms in total. The summed E-state index contributed by atoms with van der Waals surface area (Å²) >= 11 is 1.75. The van der Waals surface area contributed by atoms with E-state index in [9.17, 15) is 0 Å². The summed E-state index contributed by atoms with van der Waals surface area (Å²) in [5.41, 5.74) is 10.9. The van der Waals surface area contributed by atoms with Gasteiger partial charge in [0.05, 0.1) is 40.6 Å². The van der Waals surface area contributed by atoms with Crippen molar-refractivity contribution in [2.75, 3.05) is 0 Å². The van der Waals surface area contributed by atoms with Gasteiger partial charge in [-0.3, -0.25) is 0 Å². The van der Waals surface area contributed by atoms with Crippen LogP contribution >= 0.6 is 11.3 Å². The summed E-state index contributed by atoms with van der Waals surface area (Å²) in [5, 5.41) is 19.1. The summed E-state index contributed by atoms with van der Waals surface area (Å²) in [7, 11) is 0. The Bertz CT molecular complexity index is 2440. The molecule has 0 aliphatic rings. The first-order chi connectivity index (χ1) is 23.7. The summed E-state index contributed by atoms with van der Waals surface area (Å²) < 4.78 is 14.9. The number of aryl methyl sites for hydroxylation is 6. The van der Waals surface area contributed by atoms with Crippen LogP contribution in [0.15, 0.2) is 75.4 Å². The Morgan fingerprint density at radius 3 is 1.69 bits per heavy atom. The summed E-state index contributed by atoms with van der Waals surface area (Å²) in [6, 6.07) is 18.2. The van der Waals surface area contributed by atoms with Crippen LogP contribution in [0.3, 0.4) is 0 Å². The molecule has 49 heavy (non-hydrogen) atoms. The van der Waals surface area contributed by atoms with Crippen molar-refractivity contribution in [3.05, 3.63) is 117 Å². The maximum Gasteiger partial charge on any atom is 0.177 e. The molecule has 0 aliphatic carbocycles. The predicted molar refractivity (Wildman–Crippen MR) is 188 cm³/mol. The number of nitrogens with zero attached hydrogens (tertiary/aromatic N) is 9. The van der Waals surface area contributed by atoms with Crippen LogP contribution in [0.1, 0.15) is 50.6 Å². The van der Waals surface area contributed by atoms with Crippen molar-refractivity contribution in [1.29, 1.82) is 5.26 Å². The van der Waals surface area contributed by atoms with E-state index >= 15 is 0 Å². The second kappa shape index (κ2) is 12.9. The summed E-state index contributed by atoms with van der Waals surface area (Å²) in [6.07, 6.45) is 3.66. The third kappa shape index (κ3) is 6.12. The van der Waals surface area contributed by atoms with Gasteiger partial charge in [-0.1, -0.05) is 28.5 Å². The first-order valence-corrected chi connectivity index (χ1v) is 16.6. The van der Waals surface area contributed by atoms with Crippen molar-refractivity contribution in [3.8, 4) is 28.3 Å². The lowest BCUT2D eigenvalue weighted by molar-refractivity contribution is 0.393. The smallest absolute Gasteiger partial charge is 0.177 e. The quantitative estimate of drug-likeness (QED) is 0.172. The highest BCUT2D eigenvalue weighted by atomic mass is 32.1. The molecule has 0 radical (unpaired) electrons. The van der Waals surface area contributed by atoms with Crippen LogP contribution in [0.5, 0.6) is 0 Å². The molecule has 7 heterocycles. The van der Waals surface area contributed by atoms with Crippen LogP contribution in [0.4, 0.5) is 0 Å². The van der Waals surface area contributed by atoms with E-state index < -0.39 is 0 Å². The van der Waals surface area contributed by atoms with E-state index in [0.29, 0.717) is 17.8 Å². The third-order valence-corrected chi connectivity index (χ3v) is 9.42. The Kier molecular flexibility index (Phi) is 8.36. The van der Waals surface area contributed by atoms with Gasteiger partial charge in [0.15, 0.2) is 11.3 Å². The van der Waals surface area contributed by atoms with Crippen molar-refractivity contribution in [1.82, 2.24) is 39.4 Å². The number of benzene rings is 1. The van der Waals surface area contributed by atoms with E-state index in [4.69, 9.17) is 14.3 Å². The van der Waals surface area contributed by atoms with Gasteiger partial charge >= 0.3 is 0 Å². The van der Waals surface area contributed by atoms with Crippen molar-refractivity contribution < 1.29 is 9.05 Å². The van der Waals surface area contributed by atoms with Gasteiger partial charge in [0.1, 0.15) is 23.2 Å². The maximum atomic E-state index is 8.95. The maximum absolute atomic E-state index is 8.95. The Labute approximate surface area is 286 Å². The third-order valence-electron chi connectivity index (χ3n) is 8.55. The zero-order chi connectivity index (χ0) is 34.2. The number of fused-ring (bicyclic) bond motifs is 2. The van der Waals surface area contributed by atoms with Gasteiger partial charge in [-0.2, -0.15) is 5.26 Å². The standard InChI is InChI=1S/C20H17N5O.C17H16N4OS/c1-12-19(13(2)26-24-12)17-8-18-20(22-10-17)23-14(3)25(18)11-16-6-4-15(9-21)5-7-16;1-10-16(11(2)22-20-10)13-7-15-17(18-8-13)19-12(3)21(15)9-14-5-4-6-23-14/h4-8,10H,11H2,1-3H3;4-8H,9H2,1-3H3. The van der Waals surface area contributed by atoms with Crippen molar-refractivity contribution in [2.24, 2.45) is 0 Å². The molecule has 0 spiro atoms. The second-order valence-corrected chi connectivity index (χ2v) is 12.9. The highest BCUT2D eigenvalue weighted by Gasteiger charge is 2.17. The highest BCUT2D eigenvalue weighted by molar-refractivity contribution is 7.09. The molecule has 1 aromatic carbocycles. The molecular weight excluding hydrogens is 635 g/mol. The van der Waals surface area contributed by atoms with Crippen LogP contribution in [-0.2, 0) is 13.1 Å². The monoisotopic (exact) mass is 667 g/mol. The highest BCUT2D eigenvalue weighted by Crippen LogP contribution is 2.30. The number of hydrogen-bond donors (Lipinski definition) is 0. The number of nitriles is 1. The van der Waals surface area contributed by atoms with Gasteiger partial charge in [-0.25, -0.2) is 19.9 Å². The number of hydrogen-bond acceptors (Lipinski definition) is 10. The normalized spacial score (nSPS) is 11.2. The Hall–Kier alpha value is -5.93. The van der Waals surface area contributed by atoms with E-state index in [-0.39, 0.29) is 0 Å². The van der Waals surface area contributed by atoms with E-state index in [1.807, 2.05) is 78.2 Å². The number of pyridine rings is 2. The molecule has 0 bridgehead atoms. The fourth-order valence-corrected chi connectivity index (χ4v) is 6.82. The van der Waals surface area contributed by atoms with E-state index in [0.717, 1.165) is 85.6 Å². The van der Waals surface area contributed by atoms with Crippen LogP contribution < -0.4 is 0 Å². The molecule has 244 valence electrons. The molecule has 0 amide bonds. The minimum absolute atomic E-state index is 0.656. The molecule has 8 rings (SSSR count). The van der Waals surface area contributed by atoms with Gasteiger partial charge in [0.2, 0.25) is 0 Å². The fourth-order valence-electron chi connectivity index (χ4n) is 6.13. The van der Waals surface area contributed by atoms with Crippen molar-refractivity contribution >= 4 is 33.7 Å². The van der Waals surface area contributed by atoms with Crippen molar-refractivity contribution in [3.63, 3.8) is 0 Å². The number of rotatable bonds is 6. The molecule has 0 N–H and O–H groups in total. The summed E-state index contributed by atoms with van der Waals surface area (Å²) in [4.78, 5) is 19.5. The van der Waals surface area contributed by atoms with E-state index in [2.05, 4.69) is 75.1 Å². The molecule has 0 saturated carbocycles. The van der Waals surface area contributed by atoms with Crippen LogP contribution in [0, 0.1) is 52.9 Å². The van der Waals surface area contributed by atoms with Crippen LogP contribution in [0.2, 0.25) is 0 Å². The average molecular weight is 668 g/mol. The Morgan fingerprint density at radius 1 is 0.714 bits per heavy atom. The first-order valence-electron chi connectivity index (χ1n) is 15.7. The lowest BCUT2D eigenvalue weighted by Gasteiger charge is -2.08. The Balaban J connectivity index is 0.000000155. The van der Waals surface area contributed by atoms with Gasteiger partial charge in [-0.05, 0) is 82.8 Å². The van der Waals surface area contributed by atoms with Gasteiger partial charge < -0.3 is 18.2 Å². The largest absolute Gasteiger partial charge is 0.361 e. The van der Waals surface area contributed by atoms with E-state index in [1.165, 1.54) is 4.88 Å². The molecular formula is C37H33N9O2S. The summed E-state index contributed by atoms with van der Waals surface area (Å²) in [5.74, 6) is 3.45. The van der Waals surface area contributed by atoms with E-state index in [1.54, 1.807) is 11.3 Å². The SMILES string of the molecule is Cc1noc(C)c1-c1cnc2nc(C)n(Cc3ccc(C#N)cc3)c2c1.Cc1noc(C)c1-c1cnc2nc(C)n(Cc3cccs3)c2c1. The number of aromatic nitrogens is 8. The number of thiophene rings is 1. The van der Waals surface area contributed by atoms with Crippen LogP contribution in [-0.4, -0.2) is 39.4 Å². The zero-order valence-electron chi connectivity index (χ0n) is 28.0. The molecule has 7 aromatic heterocycles. The lowest BCUT2D eigenvalue weighted by atomic mass is 10.1. The minimum atomic E-state index is 0.656. The predicted octanol–water partition coefficient (Wildman–Crippen LogP) is 8.05. The molecule has 0 atom stereocenters. The minimum Gasteiger partial charge on any atom is -0.361 e. The molecule has 0 saturated heterocycles. The molecule has 0 unspecified atom stereocenters. The average Bonchev–Trinajstić information content (AvgIpc) is 3.92. The molecule has 12 heteroatoms. The molecule has 8 aromatic rings. The fraction of sp³-hybridized carbons (Fsp3) is 0.216. The topological polar surface area (TPSA) is 137 Å². The van der Waals surface area contributed by atoms with Gasteiger partial charge in [0, 0.05) is 46.1 Å². The lowest BCUT2D eigenvalue weighted by Crippen LogP contribution is -2.02. The zero-order valence-corrected chi connectivity index (χ0v) is 28.8. The second-order valence-electron chi connectivity index (χ2n) is 11.9. The van der Waals surface area contributed by atoms with Gasteiger partial charge in [-0.15, -0.1) is 11.3 Å². The summed E-state index contributed by atoms with van der Waals surface area (Å²) in [6.45, 7) is 13.2. The van der Waals surface area contributed by atoms with Crippen molar-refractivity contribution in [2.45, 2.75) is 54.6 Å². The first kappa shape index (κ1) is 31.7. The van der Waals surface area contributed by atoms with Gasteiger partial charge in [0.25, 0.3) is 0 Å². The number of imidazole rings is 2. The molecule has 0 aliphatic heterocycles.